The molecule has 1 atom stereocenters. The molecule has 0 aliphatic heterocycles. The lowest BCUT2D eigenvalue weighted by Crippen LogP contribution is -2.26. The Balaban J connectivity index is 2.33. The molecule has 3 N–H and O–H groups in total. The fourth-order valence-electron chi connectivity index (χ4n) is 1.50. The van der Waals surface area contributed by atoms with Crippen molar-refractivity contribution in [2.24, 2.45) is 11.1 Å². The zero-order chi connectivity index (χ0) is 14.2. The van der Waals surface area contributed by atoms with Gasteiger partial charge < -0.3 is 15.4 Å². The van der Waals surface area contributed by atoms with Crippen molar-refractivity contribution in [3.8, 4) is 17.1 Å². The number of hydrogen-bond donors (Lipinski definition) is 2. The largest absolute Gasteiger partial charge is 0.505 e. The number of benzene rings is 1. The van der Waals surface area contributed by atoms with E-state index in [1.807, 2.05) is 20.8 Å². The molecule has 1 aromatic carbocycles. The van der Waals surface area contributed by atoms with Crippen LogP contribution in [0, 0.1) is 11.2 Å². The first kappa shape index (κ1) is 13.5. The maximum Gasteiger partial charge on any atom is 0.244 e. The summed E-state index contributed by atoms with van der Waals surface area (Å²) in [5.41, 5.74) is 6.21. The van der Waals surface area contributed by atoms with E-state index < -0.39 is 17.6 Å². The molecule has 6 heteroatoms. The normalized spacial score (nSPS) is 13.5. The highest BCUT2D eigenvalue weighted by atomic mass is 19.1. The predicted molar refractivity (Wildman–Crippen MR) is 67.7 cm³/mol. The van der Waals surface area contributed by atoms with Gasteiger partial charge in [0.1, 0.15) is 0 Å². The molecule has 19 heavy (non-hydrogen) atoms. The number of phenolic OH excluding ortho intramolecular Hbond substituents is 1. The van der Waals surface area contributed by atoms with Gasteiger partial charge in [-0.25, -0.2) is 4.39 Å². The molecule has 0 aliphatic rings. The summed E-state index contributed by atoms with van der Waals surface area (Å²) in [5, 5.41) is 12.9. The van der Waals surface area contributed by atoms with Gasteiger partial charge in [0.15, 0.2) is 11.6 Å². The molecule has 0 spiro atoms. The molecule has 0 aliphatic carbocycles. The summed E-state index contributed by atoms with van der Waals surface area (Å²) in [6, 6.07) is 3.49. The lowest BCUT2D eigenvalue weighted by Gasteiger charge is -2.23. The molecule has 5 nitrogen and oxygen atoms in total. The van der Waals surface area contributed by atoms with Crippen LogP contribution in [0.15, 0.2) is 22.7 Å². The van der Waals surface area contributed by atoms with Crippen LogP contribution in [0.2, 0.25) is 0 Å². The van der Waals surface area contributed by atoms with Crippen LogP contribution in [-0.4, -0.2) is 15.2 Å². The van der Waals surface area contributed by atoms with Crippen LogP contribution in [0.3, 0.4) is 0 Å². The average molecular weight is 265 g/mol. The van der Waals surface area contributed by atoms with E-state index in [0.717, 1.165) is 6.07 Å². The second-order valence-electron chi connectivity index (χ2n) is 5.47. The summed E-state index contributed by atoms with van der Waals surface area (Å²) in [6.45, 7) is 5.88. The number of aromatic hydroxyl groups is 1. The fraction of sp³-hybridized carbons (Fsp3) is 0.385. The molecule has 0 bridgehead atoms. The van der Waals surface area contributed by atoms with Crippen LogP contribution >= 0.6 is 0 Å². The molecule has 2 rings (SSSR count). The molecule has 102 valence electrons. The Kier molecular flexibility index (Phi) is 3.28. The molecule has 1 aromatic heterocycles. The lowest BCUT2D eigenvalue weighted by molar-refractivity contribution is 0.253. The van der Waals surface area contributed by atoms with Crippen LogP contribution < -0.4 is 5.73 Å². The highest BCUT2D eigenvalue weighted by molar-refractivity contribution is 5.55. The van der Waals surface area contributed by atoms with Gasteiger partial charge in [0.2, 0.25) is 11.7 Å². The van der Waals surface area contributed by atoms with Gasteiger partial charge >= 0.3 is 0 Å². The van der Waals surface area contributed by atoms with E-state index in [1.54, 1.807) is 0 Å². The van der Waals surface area contributed by atoms with Crippen molar-refractivity contribution < 1.29 is 14.0 Å². The van der Waals surface area contributed by atoms with E-state index in [0.29, 0.717) is 11.5 Å². The standard InChI is InChI=1S/C13H16FN3O2/c1-13(2,3)10(15)12-16-11(17-19-12)7-4-5-9(18)8(14)6-7/h4-6,10,18H,15H2,1-3H3/t10-/m0/s1. The third kappa shape index (κ3) is 2.73. The first-order valence-electron chi connectivity index (χ1n) is 5.87. The minimum Gasteiger partial charge on any atom is -0.505 e. The van der Waals surface area contributed by atoms with Crippen molar-refractivity contribution in [3.63, 3.8) is 0 Å². The van der Waals surface area contributed by atoms with Crippen molar-refractivity contribution in [1.82, 2.24) is 10.1 Å². The number of nitrogens with two attached hydrogens (primary N) is 1. The number of aromatic nitrogens is 2. The molecule has 0 unspecified atom stereocenters. The molecule has 0 saturated carbocycles. The number of hydrogen-bond acceptors (Lipinski definition) is 5. The Bertz CT molecular complexity index is 590. The van der Waals surface area contributed by atoms with E-state index in [2.05, 4.69) is 10.1 Å². The van der Waals surface area contributed by atoms with Crippen molar-refractivity contribution in [2.75, 3.05) is 0 Å². The highest BCUT2D eigenvalue weighted by Crippen LogP contribution is 2.31. The average Bonchev–Trinajstić information content (AvgIpc) is 2.79. The van der Waals surface area contributed by atoms with Gasteiger partial charge in [-0.15, -0.1) is 0 Å². The Morgan fingerprint density at radius 1 is 1.37 bits per heavy atom. The Morgan fingerprint density at radius 2 is 2.05 bits per heavy atom. The Hall–Kier alpha value is -1.95. The number of halogens is 1. The first-order chi connectivity index (χ1) is 8.79. The highest BCUT2D eigenvalue weighted by Gasteiger charge is 2.27. The smallest absolute Gasteiger partial charge is 0.244 e. The van der Waals surface area contributed by atoms with Crippen LogP contribution in [0.5, 0.6) is 5.75 Å². The van der Waals surface area contributed by atoms with Crippen molar-refractivity contribution in [3.05, 3.63) is 29.9 Å². The molecule has 0 amide bonds. The molecule has 2 aromatic rings. The van der Waals surface area contributed by atoms with E-state index in [-0.39, 0.29) is 11.2 Å². The van der Waals surface area contributed by atoms with Crippen molar-refractivity contribution >= 4 is 0 Å². The monoisotopic (exact) mass is 265 g/mol. The predicted octanol–water partition coefficient (Wildman–Crippen LogP) is 2.63. The summed E-state index contributed by atoms with van der Waals surface area (Å²) in [4.78, 5) is 4.17. The number of rotatable bonds is 2. The second-order valence-corrected chi connectivity index (χ2v) is 5.47. The van der Waals surface area contributed by atoms with E-state index >= 15 is 0 Å². The zero-order valence-electron chi connectivity index (χ0n) is 11.0. The van der Waals surface area contributed by atoms with Gasteiger partial charge in [0.05, 0.1) is 6.04 Å². The molecular formula is C13H16FN3O2. The van der Waals surface area contributed by atoms with Gasteiger partial charge in [-0.2, -0.15) is 4.98 Å². The maximum atomic E-state index is 13.3. The molecule has 0 radical (unpaired) electrons. The molecular weight excluding hydrogens is 249 g/mol. The van der Waals surface area contributed by atoms with Crippen LogP contribution in [0.1, 0.15) is 32.7 Å². The van der Waals surface area contributed by atoms with Gasteiger partial charge in [-0.05, 0) is 23.6 Å². The van der Waals surface area contributed by atoms with Gasteiger partial charge in [-0.1, -0.05) is 25.9 Å². The fourth-order valence-corrected chi connectivity index (χ4v) is 1.50. The quantitative estimate of drug-likeness (QED) is 0.871. The second kappa shape index (κ2) is 4.62. The topological polar surface area (TPSA) is 85.2 Å². The number of nitrogens with zero attached hydrogens (tertiary/aromatic N) is 2. The molecule has 0 saturated heterocycles. The minimum absolute atomic E-state index is 0.218. The maximum absolute atomic E-state index is 13.3. The summed E-state index contributed by atoms with van der Waals surface area (Å²) in [6.07, 6.45) is 0. The molecule has 1 heterocycles. The first-order valence-corrected chi connectivity index (χ1v) is 5.87. The third-order valence-electron chi connectivity index (χ3n) is 2.85. The number of phenols is 1. The summed E-state index contributed by atoms with van der Waals surface area (Å²) in [7, 11) is 0. The van der Waals surface area contributed by atoms with Gasteiger partial charge in [0, 0.05) is 5.56 Å². The van der Waals surface area contributed by atoms with Gasteiger partial charge in [0.25, 0.3) is 0 Å². The van der Waals surface area contributed by atoms with Crippen LogP contribution in [-0.2, 0) is 0 Å². The SMILES string of the molecule is CC(C)(C)[C@@H](N)c1nc(-c2ccc(O)c(F)c2)no1. The van der Waals surface area contributed by atoms with E-state index in [4.69, 9.17) is 15.4 Å². The van der Waals surface area contributed by atoms with Crippen LogP contribution in [0.4, 0.5) is 4.39 Å². The Morgan fingerprint density at radius 3 is 2.63 bits per heavy atom. The lowest BCUT2D eigenvalue weighted by atomic mass is 9.87. The molecule has 0 fully saturated rings. The van der Waals surface area contributed by atoms with E-state index in [1.165, 1.54) is 12.1 Å². The Labute approximate surface area is 110 Å². The zero-order valence-corrected chi connectivity index (χ0v) is 11.0. The van der Waals surface area contributed by atoms with Crippen LogP contribution in [0.25, 0.3) is 11.4 Å². The minimum atomic E-state index is -0.732. The van der Waals surface area contributed by atoms with Gasteiger partial charge in [-0.3, -0.25) is 0 Å². The third-order valence-corrected chi connectivity index (χ3v) is 2.85. The summed E-state index contributed by atoms with van der Waals surface area (Å²) in [5.74, 6) is -0.604. The summed E-state index contributed by atoms with van der Waals surface area (Å²) < 4.78 is 18.4. The van der Waals surface area contributed by atoms with Crippen molar-refractivity contribution in [1.29, 1.82) is 0 Å². The summed E-state index contributed by atoms with van der Waals surface area (Å²) >= 11 is 0. The van der Waals surface area contributed by atoms with E-state index in [9.17, 15) is 4.39 Å². The van der Waals surface area contributed by atoms with Crippen molar-refractivity contribution in [2.45, 2.75) is 26.8 Å².